The molecule has 1 aliphatic heterocycles. The molecule has 1 saturated heterocycles. The van der Waals surface area contributed by atoms with Crippen LogP contribution in [0.3, 0.4) is 0 Å². The van der Waals surface area contributed by atoms with Gasteiger partial charge in [-0.05, 0) is 18.2 Å². The summed E-state index contributed by atoms with van der Waals surface area (Å²) in [7, 11) is 0. The van der Waals surface area contributed by atoms with Crippen molar-refractivity contribution >= 4 is 52.5 Å². The number of rotatable bonds is 5. The first-order chi connectivity index (χ1) is 10.6. The molecule has 1 aromatic rings. The summed E-state index contributed by atoms with van der Waals surface area (Å²) in [6.07, 6.45) is 0. The number of ether oxygens (including phenoxy) is 1. The van der Waals surface area contributed by atoms with Crippen LogP contribution in [0.2, 0.25) is 10.0 Å². The minimum absolute atomic E-state index is 0.0376. The summed E-state index contributed by atoms with van der Waals surface area (Å²) in [5.74, 6) is 0.347. The molecule has 0 unspecified atom stereocenters. The van der Waals surface area contributed by atoms with E-state index in [2.05, 4.69) is 5.32 Å². The van der Waals surface area contributed by atoms with Crippen molar-refractivity contribution in [3.63, 3.8) is 0 Å². The first-order valence-electron chi connectivity index (χ1n) is 6.74. The molecule has 2 rings (SSSR count). The van der Waals surface area contributed by atoms with E-state index < -0.39 is 0 Å². The molecule has 1 aromatic carbocycles. The Labute approximate surface area is 143 Å². The minimum Gasteiger partial charge on any atom is -0.378 e. The standard InChI is InChI=1S/C14H16Cl2N2O3S/c15-11-2-1-10(7-12(11)16)17-13(19)8-22-9-14(20)18-3-5-21-6-4-18/h1-2,7H,3-6,8-9H2,(H,17,19). The molecule has 0 aliphatic carbocycles. The highest BCUT2D eigenvalue weighted by Crippen LogP contribution is 2.25. The molecule has 1 fully saturated rings. The third kappa shape index (κ3) is 5.35. The predicted molar refractivity (Wildman–Crippen MR) is 89.8 cm³/mol. The van der Waals surface area contributed by atoms with Crippen LogP contribution in [-0.2, 0) is 14.3 Å². The summed E-state index contributed by atoms with van der Waals surface area (Å²) in [6.45, 7) is 2.40. The van der Waals surface area contributed by atoms with Crippen LogP contribution in [0.1, 0.15) is 0 Å². The lowest BCUT2D eigenvalue weighted by Crippen LogP contribution is -2.41. The van der Waals surface area contributed by atoms with Crippen molar-refractivity contribution in [2.24, 2.45) is 0 Å². The van der Waals surface area contributed by atoms with Crippen LogP contribution in [0.15, 0.2) is 18.2 Å². The molecule has 0 aromatic heterocycles. The van der Waals surface area contributed by atoms with Crippen molar-refractivity contribution in [3.8, 4) is 0 Å². The van der Waals surface area contributed by atoms with E-state index in [0.29, 0.717) is 42.0 Å². The number of nitrogens with one attached hydrogen (secondary N) is 1. The van der Waals surface area contributed by atoms with Gasteiger partial charge in [0.2, 0.25) is 11.8 Å². The summed E-state index contributed by atoms with van der Waals surface area (Å²) < 4.78 is 5.19. The molecule has 5 nitrogen and oxygen atoms in total. The second kappa shape index (κ2) is 8.62. The topological polar surface area (TPSA) is 58.6 Å². The summed E-state index contributed by atoms with van der Waals surface area (Å²) >= 11 is 13.0. The van der Waals surface area contributed by atoms with Crippen molar-refractivity contribution in [1.82, 2.24) is 4.90 Å². The highest BCUT2D eigenvalue weighted by Gasteiger charge is 2.17. The van der Waals surface area contributed by atoms with Crippen LogP contribution >= 0.6 is 35.0 Å². The Hall–Kier alpha value is -0.950. The molecule has 0 radical (unpaired) electrons. The van der Waals surface area contributed by atoms with Gasteiger partial charge in [0, 0.05) is 18.8 Å². The zero-order valence-corrected chi connectivity index (χ0v) is 14.1. The molecule has 0 bridgehead atoms. The van der Waals surface area contributed by atoms with E-state index >= 15 is 0 Å². The van der Waals surface area contributed by atoms with Crippen molar-refractivity contribution < 1.29 is 14.3 Å². The van der Waals surface area contributed by atoms with E-state index in [4.69, 9.17) is 27.9 Å². The van der Waals surface area contributed by atoms with E-state index in [0.717, 1.165) is 0 Å². The van der Waals surface area contributed by atoms with E-state index in [1.807, 2.05) is 0 Å². The van der Waals surface area contributed by atoms with Gasteiger partial charge in [0.05, 0.1) is 34.8 Å². The van der Waals surface area contributed by atoms with Crippen molar-refractivity contribution in [1.29, 1.82) is 0 Å². The quantitative estimate of drug-likeness (QED) is 0.874. The van der Waals surface area contributed by atoms with Gasteiger partial charge in [0.1, 0.15) is 0 Å². The highest BCUT2D eigenvalue weighted by atomic mass is 35.5. The Morgan fingerprint density at radius 1 is 1.18 bits per heavy atom. The van der Waals surface area contributed by atoms with Gasteiger partial charge in [0.15, 0.2) is 0 Å². The molecule has 0 spiro atoms. The molecule has 120 valence electrons. The van der Waals surface area contributed by atoms with Gasteiger partial charge in [-0.15, -0.1) is 11.8 Å². The molecule has 0 saturated carbocycles. The molecular weight excluding hydrogens is 347 g/mol. The first-order valence-corrected chi connectivity index (χ1v) is 8.65. The van der Waals surface area contributed by atoms with Crippen molar-refractivity contribution in [2.45, 2.75) is 0 Å². The zero-order valence-electron chi connectivity index (χ0n) is 11.8. The second-order valence-corrected chi connectivity index (χ2v) is 6.46. The number of nitrogens with zero attached hydrogens (tertiary/aromatic N) is 1. The van der Waals surface area contributed by atoms with E-state index in [1.165, 1.54) is 11.8 Å². The second-order valence-electron chi connectivity index (χ2n) is 4.66. The third-order valence-electron chi connectivity index (χ3n) is 3.03. The lowest BCUT2D eigenvalue weighted by atomic mass is 10.3. The Balaban J connectivity index is 1.71. The molecule has 0 atom stereocenters. The number of hydrogen-bond donors (Lipinski definition) is 1. The van der Waals surface area contributed by atoms with Gasteiger partial charge in [-0.3, -0.25) is 9.59 Å². The van der Waals surface area contributed by atoms with Crippen LogP contribution in [-0.4, -0.2) is 54.5 Å². The normalized spacial score (nSPS) is 14.7. The van der Waals surface area contributed by atoms with Crippen LogP contribution in [0.5, 0.6) is 0 Å². The summed E-state index contributed by atoms with van der Waals surface area (Å²) in [5.41, 5.74) is 0.583. The molecular formula is C14H16Cl2N2O3S. The largest absolute Gasteiger partial charge is 0.378 e. The maximum atomic E-state index is 11.9. The Bertz CT molecular complexity index is 551. The average Bonchev–Trinajstić information content (AvgIpc) is 2.51. The van der Waals surface area contributed by atoms with E-state index in [1.54, 1.807) is 23.1 Å². The van der Waals surface area contributed by atoms with Crippen LogP contribution in [0.25, 0.3) is 0 Å². The number of carbonyl (C=O) groups is 2. The number of thioether (sulfide) groups is 1. The maximum absolute atomic E-state index is 11.9. The van der Waals surface area contributed by atoms with Gasteiger partial charge in [-0.1, -0.05) is 23.2 Å². The molecule has 2 amide bonds. The van der Waals surface area contributed by atoms with Crippen molar-refractivity contribution in [3.05, 3.63) is 28.2 Å². The van der Waals surface area contributed by atoms with E-state index in [-0.39, 0.29) is 23.3 Å². The number of anilines is 1. The average molecular weight is 363 g/mol. The maximum Gasteiger partial charge on any atom is 0.234 e. The lowest BCUT2D eigenvalue weighted by molar-refractivity contribution is -0.132. The Kier molecular flexibility index (Phi) is 6.82. The number of carbonyl (C=O) groups excluding carboxylic acids is 2. The molecule has 8 heteroatoms. The number of amides is 2. The van der Waals surface area contributed by atoms with Gasteiger partial charge < -0.3 is 15.0 Å². The van der Waals surface area contributed by atoms with E-state index in [9.17, 15) is 9.59 Å². The summed E-state index contributed by atoms with van der Waals surface area (Å²) in [6, 6.07) is 4.88. The third-order valence-corrected chi connectivity index (χ3v) is 4.68. The van der Waals surface area contributed by atoms with Crippen LogP contribution in [0.4, 0.5) is 5.69 Å². The predicted octanol–water partition coefficient (Wildman–Crippen LogP) is 2.52. The van der Waals surface area contributed by atoms with Crippen LogP contribution < -0.4 is 5.32 Å². The molecule has 1 N–H and O–H groups in total. The molecule has 22 heavy (non-hydrogen) atoms. The first kappa shape index (κ1) is 17.4. The summed E-state index contributed by atoms with van der Waals surface area (Å²) in [4.78, 5) is 25.5. The number of hydrogen-bond acceptors (Lipinski definition) is 4. The highest BCUT2D eigenvalue weighted by molar-refractivity contribution is 8.00. The fraction of sp³-hybridized carbons (Fsp3) is 0.429. The SMILES string of the molecule is O=C(CSCC(=O)N1CCOCC1)Nc1ccc(Cl)c(Cl)c1. The fourth-order valence-corrected chi connectivity index (χ4v) is 2.92. The fourth-order valence-electron chi connectivity index (χ4n) is 1.91. The molecule has 1 aliphatic rings. The summed E-state index contributed by atoms with van der Waals surface area (Å²) in [5, 5.41) is 3.53. The Morgan fingerprint density at radius 3 is 2.59 bits per heavy atom. The smallest absolute Gasteiger partial charge is 0.234 e. The van der Waals surface area contributed by atoms with Crippen molar-refractivity contribution in [2.75, 3.05) is 43.1 Å². The monoisotopic (exact) mass is 362 g/mol. The number of halogens is 2. The van der Waals surface area contributed by atoms with Gasteiger partial charge in [-0.2, -0.15) is 0 Å². The van der Waals surface area contributed by atoms with Gasteiger partial charge in [0.25, 0.3) is 0 Å². The minimum atomic E-state index is -0.182. The number of morpholine rings is 1. The zero-order chi connectivity index (χ0) is 15.9. The van der Waals surface area contributed by atoms with Gasteiger partial charge in [-0.25, -0.2) is 0 Å². The van der Waals surface area contributed by atoms with Gasteiger partial charge >= 0.3 is 0 Å². The number of benzene rings is 1. The lowest BCUT2D eigenvalue weighted by Gasteiger charge is -2.26. The Morgan fingerprint density at radius 2 is 1.91 bits per heavy atom. The van der Waals surface area contributed by atoms with Crippen LogP contribution in [0, 0.1) is 0 Å². The molecule has 1 heterocycles.